The molecule has 7 heteroatoms. The molecule has 20 heavy (non-hydrogen) atoms. The van der Waals surface area contributed by atoms with E-state index < -0.39 is 5.60 Å². The zero-order valence-corrected chi connectivity index (χ0v) is 13.0. The van der Waals surface area contributed by atoms with Gasteiger partial charge in [0.2, 0.25) is 0 Å². The maximum atomic E-state index is 10.2. The molecule has 1 unspecified atom stereocenters. The van der Waals surface area contributed by atoms with Gasteiger partial charge in [-0.3, -0.25) is 0 Å². The Hall–Kier alpha value is -1.05. The summed E-state index contributed by atoms with van der Waals surface area (Å²) < 4.78 is 0. The number of anilines is 2. The second-order valence-corrected chi connectivity index (χ2v) is 6.47. The van der Waals surface area contributed by atoms with Gasteiger partial charge in [0.15, 0.2) is 0 Å². The molecule has 1 aliphatic rings. The van der Waals surface area contributed by atoms with Gasteiger partial charge in [0.1, 0.15) is 17.5 Å². The highest BCUT2D eigenvalue weighted by atomic mass is 32.2. The molecule has 0 spiro atoms. The van der Waals surface area contributed by atoms with E-state index in [2.05, 4.69) is 20.7 Å². The number of nitrogens with one attached hydrogen (secondary N) is 2. The van der Waals surface area contributed by atoms with Crippen LogP contribution in [0.25, 0.3) is 0 Å². The lowest BCUT2D eigenvalue weighted by molar-refractivity contribution is 0.0996. The first-order valence-corrected chi connectivity index (χ1v) is 8.16. The van der Waals surface area contributed by atoms with Crippen LogP contribution < -0.4 is 16.6 Å². The number of nitrogens with zero attached hydrogens (tertiary/aromatic N) is 2. The lowest BCUT2D eigenvalue weighted by Crippen LogP contribution is -2.36. The van der Waals surface area contributed by atoms with Gasteiger partial charge in [0.05, 0.1) is 5.60 Å². The summed E-state index contributed by atoms with van der Waals surface area (Å²) in [7, 11) is 0. The molecular formula is C13H23N5OS. The topological polar surface area (TPSA) is 96.1 Å². The van der Waals surface area contributed by atoms with Crippen molar-refractivity contribution in [3.05, 3.63) is 11.4 Å². The van der Waals surface area contributed by atoms with Crippen LogP contribution in [-0.4, -0.2) is 39.2 Å². The molecular weight excluding hydrogens is 274 g/mol. The summed E-state index contributed by atoms with van der Waals surface area (Å²) in [5, 5.41) is 13.4. The Morgan fingerprint density at radius 1 is 1.40 bits per heavy atom. The van der Waals surface area contributed by atoms with Gasteiger partial charge in [0, 0.05) is 23.8 Å². The van der Waals surface area contributed by atoms with E-state index in [1.807, 2.05) is 20.1 Å². The third kappa shape index (κ3) is 3.74. The summed E-state index contributed by atoms with van der Waals surface area (Å²) in [4.78, 5) is 9.01. The number of hydrazine groups is 1. The molecule has 1 aromatic heterocycles. The van der Waals surface area contributed by atoms with Gasteiger partial charge < -0.3 is 15.8 Å². The highest BCUT2D eigenvalue weighted by Crippen LogP contribution is 2.39. The molecule has 0 aromatic carbocycles. The summed E-state index contributed by atoms with van der Waals surface area (Å²) >= 11 is 1.62. The van der Waals surface area contributed by atoms with Crippen molar-refractivity contribution < 1.29 is 5.11 Å². The molecule has 0 aliphatic heterocycles. The monoisotopic (exact) mass is 297 g/mol. The standard InChI is InChI=1S/C13H23N5OS/c1-8-10(15-6-13(2,19)7-20-3)16-12(9-4-5-9)17-11(8)18-14/h9,19H,4-7,14H2,1-3H3,(H2,15,16,17,18). The summed E-state index contributed by atoms with van der Waals surface area (Å²) in [6.07, 6.45) is 4.25. The average molecular weight is 297 g/mol. The first-order chi connectivity index (χ1) is 9.46. The van der Waals surface area contributed by atoms with Crippen molar-refractivity contribution in [1.82, 2.24) is 9.97 Å². The predicted molar refractivity (Wildman–Crippen MR) is 84.0 cm³/mol. The number of aromatic nitrogens is 2. The number of rotatable bonds is 7. The summed E-state index contributed by atoms with van der Waals surface area (Å²) in [6.45, 7) is 4.17. The fourth-order valence-corrected chi connectivity index (χ4v) is 2.73. The van der Waals surface area contributed by atoms with Gasteiger partial charge in [-0.1, -0.05) is 0 Å². The van der Waals surface area contributed by atoms with Crippen molar-refractivity contribution in [3.63, 3.8) is 0 Å². The first kappa shape index (κ1) is 15.3. The molecule has 1 aliphatic carbocycles. The molecule has 5 N–H and O–H groups in total. The number of nitrogens with two attached hydrogens (primary N) is 1. The average Bonchev–Trinajstić information content (AvgIpc) is 3.22. The Bertz CT molecular complexity index is 476. The van der Waals surface area contributed by atoms with Crippen molar-refractivity contribution in [3.8, 4) is 0 Å². The van der Waals surface area contributed by atoms with Crippen molar-refractivity contribution in [2.45, 2.75) is 38.2 Å². The van der Waals surface area contributed by atoms with Crippen LogP contribution in [-0.2, 0) is 0 Å². The van der Waals surface area contributed by atoms with E-state index >= 15 is 0 Å². The van der Waals surface area contributed by atoms with Gasteiger partial charge in [-0.25, -0.2) is 15.8 Å². The Kier molecular flexibility index (Phi) is 4.72. The van der Waals surface area contributed by atoms with Crippen molar-refractivity contribution in [2.75, 3.05) is 29.3 Å². The van der Waals surface area contributed by atoms with Crippen molar-refractivity contribution in [2.24, 2.45) is 5.84 Å². The van der Waals surface area contributed by atoms with E-state index in [9.17, 15) is 5.11 Å². The molecule has 2 rings (SSSR count). The maximum absolute atomic E-state index is 10.2. The Labute approximate surface area is 123 Å². The zero-order valence-electron chi connectivity index (χ0n) is 12.2. The minimum Gasteiger partial charge on any atom is -0.387 e. The quantitative estimate of drug-likeness (QED) is 0.447. The second-order valence-electron chi connectivity index (χ2n) is 5.61. The smallest absolute Gasteiger partial charge is 0.148 e. The maximum Gasteiger partial charge on any atom is 0.148 e. The van der Waals surface area contributed by atoms with Gasteiger partial charge in [-0.05, 0) is 32.9 Å². The molecule has 0 saturated heterocycles. The molecule has 6 nitrogen and oxygen atoms in total. The minimum atomic E-state index is -0.771. The SMILES string of the molecule is CSCC(C)(O)CNc1nc(C2CC2)nc(NN)c1C. The van der Waals surface area contributed by atoms with Crippen LogP contribution >= 0.6 is 11.8 Å². The number of nitrogen functional groups attached to an aromatic ring is 1. The van der Waals surface area contributed by atoms with Crippen LogP contribution in [0.4, 0.5) is 11.6 Å². The Morgan fingerprint density at radius 2 is 2.05 bits per heavy atom. The molecule has 1 heterocycles. The molecule has 1 atom stereocenters. The van der Waals surface area contributed by atoms with Crippen molar-refractivity contribution in [1.29, 1.82) is 0 Å². The first-order valence-electron chi connectivity index (χ1n) is 6.77. The molecule has 1 fully saturated rings. The lowest BCUT2D eigenvalue weighted by atomic mass is 10.1. The highest BCUT2D eigenvalue weighted by Gasteiger charge is 2.28. The highest BCUT2D eigenvalue weighted by molar-refractivity contribution is 7.98. The van der Waals surface area contributed by atoms with Gasteiger partial charge in [0.25, 0.3) is 0 Å². The Morgan fingerprint density at radius 3 is 2.60 bits per heavy atom. The number of hydrogen-bond acceptors (Lipinski definition) is 7. The number of thioether (sulfide) groups is 1. The molecule has 112 valence electrons. The van der Waals surface area contributed by atoms with Crippen LogP contribution in [0.3, 0.4) is 0 Å². The van der Waals surface area contributed by atoms with E-state index in [1.165, 1.54) is 0 Å². The van der Waals surface area contributed by atoms with Crippen LogP contribution in [0.15, 0.2) is 0 Å². The van der Waals surface area contributed by atoms with E-state index in [1.54, 1.807) is 11.8 Å². The normalized spacial score (nSPS) is 17.6. The third-order valence-corrected chi connectivity index (χ3v) is 4.24. The fourth-order valence-electron chi connectivity index (χ4n) is 2.01. The molecule has 0 amide bonds. The third-order valence-electron chi connectivity index (χ3n) is 3.33. The largest absolute Gasteiger partial charge is 0.387 e. The van der Waals surface area contributed by atoms with Crippen molar-refractivity contribution >= 4 is 23.4 Å². The minimum absolute atomic E-state index is 0.444. The zero-order chi connectivity index (χ0) is 14.8. The lowest BCUT2D eigenvalue weighted by Gasteiger charge is -2.23. The molecule has 0 bridgehead atoms. The molecule has 0 radical (unpaired) electrons. The van der Waals surface area contributed by atoms with Crippen LogP contribution in [0.1, 0.15) is 37.1 Å². The predicted octanol–water partition coefficient (Wildman–Crippen LogP) is 1.47. The van der Waals surface area contributed by atoms with E-state index in [0.29, 0.717) is 24.0 Å². The summed E-state index contributed by atoms with van der Waals surface area (Å²) in [6, 6.07) is 0. The van der Waals surface area contributed by atoms with Gasteiger partial charge in [-0.2, -0.15) is 11.8 Å². The fraction of sp³-hybridized carbons (Fsp3) is 0.692. The number of aliphatic hydroxyl groups is 1. The molecule has 1 saturated carbocycles. The Balaban J connectivity index is 2.15. The van der Waals surface area contributed by atoms with Gasteiger partial charge >= 0.3 is 0 Å². The van der Waals surface area contributed by atoms with Gasteiger partial charge in [-0.15, -0.1) is 0 Å². The van der Waals surface area contributed by atoms with Crippen LogP contribution in [0.5, 0.6) is 0 Å². The van der Waals surface area contributed by atoms with E-state index in [0.717, 1.165) is 30.0 Å². The van der Waals surface area contributed by atoms with Crippen LogP contribution in [0, 0.1) is 6.92 Å². The summed E-state index contributed by atoms with van der Waals surface area (Å²) in [5.41, 5.74) is 2.72. The van der Waals surface area contributed by atoms with E-state index in [4.69, 9.17) is 5.84 Å². The molecule has 1 aromatic rings. The summed E-state index contributed by atoms with van der Waals surface area (Å²) in [5.74, 6) is 8.86. The van der Waals surface area contributed by atoms with Crippen LogP contribution in [0.2, 0.25) is 0 Å². The number of hydrogen-bond donors (Lipinski definition) is 4. The van der Waals surface area contributed by atoms with E-state index in [-0.39, 0.29) is 0 Å². The second kappa shape index (κ2) is 6.15.